The predicted molar refractivity (Wildman–Crippen MR) is 226 cm³/mol. The molecule has 352 valence electrons. The minimum absolute atomic E-state index is 0.132. The number of rotatable bonds is 12. The minimum Gasteiger partial charge on any atom is -0.480 e. The number of alkyl halides is 6. The highest BCUT2D eigenvalue weighted by Crippen LogP contribution is 2.60. The summed E-state index contributed by atoms with van der Waals surface area (Å²) in [6, 6.07) is 24.2. The molecule has 24 heteroatoms. The van der Waals surface area contributed by atoms with Crippen molar-refractivity contribution in [2.24, 2.45) is 11.8 Å². The predicted octanol–water partition coefficient (Wildman–Crippen LogP) is 9.17. The van der Waals surface area contributed by atoms with Crippen LogP contribution in [0.25, 0.3) is 21.1 Å². The molecule has 2 aliphatic carbocycles. The lowest BCUT2D eigenvalue weighted by Gasteiger charge is -2.25. The molecule has 2 aromatic carbocycles. The Balaban J connectivity index is 0.000000198. The monoisotopic (exact) mass is 1000 g/mol. The molecule has 14 nitrogen and oxygen atoms in total. The maximum atomic E-state index is 13.4. The number of carboxylic acid groups (broad SMARTS) is 1. The van der Waals surface area contributed by atoms with E-state index in [1.165, 1.54) is 24.3 Å². The first-order valence-corrected chi connectivity index (χ1v) is 24.1. The van der Waals surface area contributed by atoms with Crippen LogP contribution in [0, 0.1) is 11.8 Å². The van der Waals surface area contributed by atoms with Crippen molar-refractivity contribution in [1.29, 1.82) is 0 Å². The topological polar surface area (TPSA) is 208 Å². The number of sulfonamides is 2. The van der Waals surface area contributed by atoms with Crippen LogP contribution in [0.5, 0.6) is 0 Å². The summed E-state index contributed by atoms with van der Waals surface area (Å²) in [7, 11) is -8.53. The van der Waals surface area contributed by atoms with E-state index in [0.717, 1.165) is 5.56 Å². The molecule has 2 saturated carbocycles. The van der Waals surface area contributed by atoms with Gasteiger partial charge in [-0.15, -0.1) is 22.7 Å². The van der Waals surface area contributed by atoms with Crippen molar-refractivity contribution in [3.63, 3.8) is 0 Å². The summed E-state index contributed by atoms with van der Waals surface area (Å²) in [5, 5.41) is 16.6. The van der Waals surface area contributed by atoms with E-state index >= 15 is 0 Å². The second kappa shape index (κ2) is 17.0. The van der Waals surface area contributed by atoms with Crippen LogP contribution in [0.4, 0.5) is 26.3 Å². The largest absolute Gasteiger partial charge is 0.480 e. The molecule has 3 N–H and O–H groups in total. The molecule has 8 rings (SSSR count). The normalized spacial score (nSPS) is 23.1. The average Bonchev–Trinajstić information content (AvgIpc) is 3.80. The van der Waals surface area contributed by atoms with Crippen LogP contribution in [0.3, 0.4) is 0 Å². The van der Waals surface area contributed by atoms with E-state index in [2.05, 4.69) is 28.8 Å². The Morgan fingerprint density at radius 3 is 1.39 bits per heavy atom. The number of esters is 1. The summed E-state index contributed by atoms with van der Waals surface area (Å²) < 4.78 is 148. The number of hydrogen-bond acceptors (Lipinski definition) is 13. The SMILES string of the molecule is C[C@H]1C(c2ccccc2)[C@]1(NS(=O)(=O)c1ccc(-c2cc(C(F)(F)F)on2)s1)C(=O)O.C[C@H]1C(c2ccccc2)[C@]1(NS(=O)(=O)c1ccc(-c2cc(C(F)(F)F)on2)s1)C(=O)OC(C)(C)C. The van der Waals surface area contributed by atoms with E-state index in [1.54, 1.807) is 77.1 Å². The molecule has 2 fully saturated rings. The average molecular weight is 1000 g/mol. The molecule has 0 radical (unpaired) electrons. The standard InChI is InChI=1S/C23H23F3N2O5S2.C19H15F3N2O5S2/c1-13-19(14-8-6-5-7-9-14)22(13,20(29)32-21(2,3)4)28-35(30,31)18-11-10-16(34-18)15-12-17(33-27-15)23(24,25)26;1-10-16(11-5-3-2-4-6-11)18(10,17(25)26)24-31(27,28)15-8-7-13(30-15)12-9-14(29-23-12)19(20,21)22/h5-13,19,28H,1-4H3;2-10,16,24H,1H3,(H,25,26)/t13-,19?,22-;10-,16?,18-/m00/s1. The second-order valence-corrected chi connectivity index (χ2v) is 22.5. The van der Waals surface area contributed by atoms with Gasteiger partial charge >= 0.3 is 24.3 Å². The Kier molecular flexibility index (Phi) is 12.5. The zero-order valence-electron chi connectivity index (χ0n) is 35.0. The number of carbonyl (C=O) groups is 2. The van der Waals surface area contributed by atoms with Crippen molar-refractivity contribution in [2.75, 3.05) is 0 Å². The van der Waals surface area contributed by atoms with Gasteiger partial charge in [-0.2, -0.15) is 35.8 Å². The lowest BCUT2D eigenvalue weighted by Crippen LogP contribution is -2.48. The molecular weight excluding hydrogens is 963 g/mol. The smallest absolute Gasteiger partial charge is 0.452 e. The first-order valence-electron chi connectivity index (χ1n) is 19.5. The Labute approximate surface area is 381 Å². The highest BCUT2D eigenvalue weighted by atomic mass is 32.3. The fraction of sp³-hybridized carbons (Fsp3) is 0.333. The van der Waals surface area contributed by atoms with E-state index in [9.17, 15) is 57.9 Å². The van der Waals surface area contributed by atoms with Gasteiger partial charge in [-0.05, 0) is 68.0 Å². The van der Waals surface area contributed by atoms with Crippen molar-refractivity contribution in [3.05, 3.63) is 120 Å². The number of ether oxygens (including phenoxy) is 1. The first-order chi connectivity index (χ1) is 30.6. The third kappa shape index (κ3) is 9.43. The molecule has 0 spiro atoms. The zero-order valence-corrected chi connectivity index (χ0v) is 38.2. The van der Waals surface area contributed by atoms with Gasteiger partial charge in [-0.25, -0.2) is 21.6 Å². The number of hydrogen-bond donors (Lipinski definition) is 3. The Morgan fingerprint density at radius 2 is 1.03 bits per heavy atom. The summed E-state index contributed by atoms with van der Waals surface area (Å²) in [5.41, 5.74) is -2.95. The van der Waals surface area contributed by atoms with Gasteiger partial charge in [0.1, 0.15) is 36.5 Å². The lowest BCUT2D eigenvalue weighted by molar-refractivity contribution is -0.159. The number of carbonyl (C=O) groups excluding carboxylic acids is 1. The Hall–Kier alpha value is -5.40. The lowest BCUT2D eigenvalue weighted by atomic mass is 10.1. The number of nitrogens with one attached hydrogen (secondary N) is 2. The molecule has 2 aliphatic rings. The van der Waals surface area contributed by atoms with Crippen LogP contribution >= 0.6 is 22.7 Å². The Bertz CT molecular complexity index is 2980. The van der Waals surface area contributed by atoms with Gasteiger partial charge in [0.25, 0.3) is 20.0 Å². The molecule has 0 bridgehead atoms. The summed E-state index contributed by atoms with van der Waals surface area (Å²) >= 11 is 1.38. The molecule has 0 amide bonds. The van der Waals surface area contributed by atoms with Crippen LogP contribution in [0.1, 0.15) is 69.1 Å². The summed E-state index contributed by atoms with van der Waals surface area (Å²) in [6.07, 6.45) is -9.44. The van der Waals surface area contributed by atoms with Gasteiger partial charge in [0.05, 0.1) is 9.75 Å². The highest BCUT2D eigenvalue weighted by molar-refractivity contribution is 7.92. The number of carboxylic acids is 1. The van der Waals surface area contributed by atoms with Gasteiger partial charge in [-0.3, -0.25) is 4.79 Å². The molecule has 4 aromatic heterocycles. The van der Waals surface area contributed by atoms with Gasteiger partial charge < -0.3 is 18.9 Å². The third-order valence-electron chi connectivity index (χ3n) is 11.0. The molecular formula is C42H38F6N4O10S4. The number of aliphatic carboxylic acids is 1. The van der Waals surface area contributed by atoms with Gasteiger partial charge in [0.2, 0.25) is 11.5 Å². The van der Waals surface area contributed by atoms with Gasteiger partial charge in [0.15, 0.2) is 0 Å². The number of benzene rings is 2. The third-order valence-corrected chi connectivity index (χ3v) is 17.2. The number of nitrogens with zero attached hydrogens (tertiary/aromatic N) is 2. The zero-order chi connectivity index (χ0) is 48.4. The van der Waals surface area contributed by atoms with Crippen LogP contribution < -0.4 is 9.44 Å². The minimum atomic E-state index is -4.72. The van der Waals surface area contributed by atoms with Gasteiger partial charge in [-0.1, -0.05) is 84.8 Å². The number of halogens is 6. The van der Waals surface area contributed by atoms with Crippen LogP contribution in [0.2, 0.25) is 0 Å². The van der Waals surface area contributed by atoms with E-state index in [4.69, 9.17) is 4.74 Å². The first kappa shape index (κ1) is 48.5. The van der Waals surface area contributed by atoms with Crippen LogP contribution in [-0.4, -0.2) is 60.9 Å². The molecule has 6 aromatic rings. The van der Waals surface area contributed by atoms with E-state index < -0.39 is 96.2 Å². The second-order valence-electron chi connectivity index (χ2n) is 16.5. The van der Waals surface area contributed by atoms with E-state index in [0.29, 0.717) is 40.4 Å². The quantitative estimate of drug-likeness (QED) is 0.0775. The molecule has 6 atom stereocenters. The fourth-order valence-electron chi connectivity index (χ4n) is 7.75. The molecule has 66 heavy (non-hydrogen) atoms. The van der Waals surface area contributed by atoms with Crippen LogP contribution in [-0.2, 0) is 46.7 Å². The van der Waals surface area contributed by atoms with Crippen molar-refractivity contribution in [1.82, 2.24) is 19.8 Å². The molecule has 0 aliphatic heterocycles. The van der Waals surface area contributed by atoms with E-state index in [-0.39, 0.29) is 29.6 Å². The Morgan fingerprint density at radius 1 is 0.652 bits per heavy atom. The maximum absolute atomic E-state index is 13.4. The van der Waals surface area contributed by atoms with Gasteiger partial charge in [0, 0.05) is 24.0 Å². The van der Waals surface area contributed by atoms with Crippen molar-refractivity contribution in [2.45, 2.75) is 83.9 Å². The number of aromatic nitrogens is 2. The molecule has 4 heterocycles. The molecule has 0 saturated heterocycles. The fourth-order valence-corrected chi connectivity index (χ4v) is 13.2. The number of thiophene rings is 2. The van der Waals surface area contributed by atoms with E-state index in [1.807, 2.05) is 18.2 Å². The van der Waals surface area contributed by atoms with Crippen LogP contribution in [0.15, 0.2) is 115 Å². The van der Waals surface area contributed by atoms with Crippen molar-refractivity contribution >= 4 is 54.7 Å². The van der Waals surface area contributed by atoms with Crippen molar-refractivity contribution in [3.8, 4) is 21.1 Å². The molecule has 2 unspecified atom stereocenters. The highest BCUT2D eigenvalue weighted by Gasteiger charge is 2.71. The summed E-state index contributed by atoms with van der Waals surface area (Å²) in [5.74, 6) is -6.53. The summed E-state index contributed by atoms with van der Waals surface area (Å²) in [6.45, 7) is 8.48. The maximum Gasteiger partial charge on any atom is 0.452 e. The summed E-state index contributed by atoms with van der Waals surface area (Å²) in [4.78, 5) is 25.7. The van der Waals surface area contributed by atoms with Crippen molar-refractivity contribution < 1.29 is 71.7 Å².